The van der Waals surface area contributed by atoms with Crippen LogP contribution >= 0.6 is 0 Å². The summed E-state index contributed by atoms with van der Waals surface area (Å²) in [6.45, 7) is 2.04. The Kier molecular flexibility index (Phi) is 5.92. The Labute approximate surface area is 181 Å². The lowest BCUT2D eigenvalue weighted by Crippen LogP contribution is -2.43. The second-order valence-electron chi connectivity index (χ2n) is 7.89. The molecule has 2 amide bonds. The Morgan fingerprint density at radius 3 is 2.77 bits per heavy atom. The molecule has 0 bridgehead atoms. The molecule has 4 rings (SSSR count). The number of benzene rings is 2. The topological polar surface area (TPSA) is 48.4 Å². The maximum atomic E-state index is 14.0. The fourth-order valence-electron chi connectivity index (χ4n) is 4.02. The molecule has 31 heavy (non-hydrogen) atoms. The third-order valence-electron chi connectivity index (χ3n) is 5.69. The van der Waals surface area contributed by atoms with Crippen molar-refractivity contribution in [1.29, 1.82) is 0 Å². The van der Waals surface area contributed by atoms with Gasteiger partial charge in [0.05, 0.1) is 30.8 Å². The molecule has 0 spiro atoms. The first-order chi connectivity index (χ1) is 15.0. The standard InChI is InChI=1S/C24H25FN4O2/c1-4-12-27(2)13-14-28(3)24(30)29-23(17-8-6-5-7-9-17)20-16-31-21-11-10-18(25)15-19(21)22(20)26-29/h1,5-11,15,20,23H,12-14,16H2,2-3H3. The third-order valence-corrected chi connectivity index (χ3v) is 5.69. The summed E-state index contributed by atoms with van der Waals surface area (Å²) < 4.78 is 19.9. The van der Waals surface area contributed by atoms with E-state index in [0.29, 0.717) is 43.3 Å². The van der Waals surface area contributed by atoms with Gasteiger partial charge in [0.2, 0.25) is 0 Å². The SMILES string of the molecule is C#CCN(C)CCN(C)C(=O)N1N=C2c3cc(F)ccc3OCC2C1c1ccccc1. The van der Waals surface area contributed by atoms with E-state index in [1.807, 2.05) is 42.3 Å². The Morgan fingerprint density at radius 1 is 1.26 bits per heavy atom. The summed E-state index contributed by atoms with van der Waals surface area (Å²) in [6.07, 6.45) is 5.36. The van der Waals surface area contributed by atoms with Crippen LogP contribution in [0.2, 0.25) is 0 Å². The minimum absolute atomic E-state index is 0.182. The monoisotopic (exact) mass is 420 g/mol. The van der Waals surface area contributed by atoms with Crippen LogP contribution in [-0.2, 0) is 0 Å². The Hall–Kier alpha value is -3.37. The van der Waals surface area contributed by atoms with Crippen LogP contribution in [0.3, 0.4) is 0 Å². The Bertz CT molecular complexity index is 1030. The van der Waals surface area contributed by atoms with Crippen molar-refractivity contribution in [1.82, 2.24) is 14.8 Å². The van der Waals surface area contributed by atoms with E-state index in [-0.39, 0.29) is 23.8 Å². The first-order valence-electron chi connectivity index (χ1n) is 10.2. The zero-order valence-corrected chi connectivity index (χ0v) is 17.7. The summed E-state index contributed by atoms with van der Waals surface area (Å²) >= 11 is 0. The molecule has 0 fully saturated rings. The number of ether oxygens (including phenoxy) is 1. The van der Waals surface area contributed by atoms with E-state index in [1.165, 1.54) is 17.1 Å². The number of hydrazone groups is 1. The summed E-state index contributed by atoms with van der Waals surface area (Å²) in [4.78, 5) is 17.0. The molecule has 2 atom stereocenters. The quantitative estimate of drug-likeness (QED) is 0.698. The zero-order valence-electron chi connectivity index (χ0n) is 17.7. The molecule has 160 valence electrons. The number of nitrogens with zero attached hydrogens (tertiary/aromatic N) is 4. The second-order valence-corrected chi connectivity index (χ2v) is 7.89. The molecular formula is C24H25FN4O2. The normalized spacial score (nSPS) is 19.2. The number of urea groups is 1. The highest BCUT2D eigenvalue weighted by atomic mass is 19.1. The van der Waals surface area contributed by atoms with Gasteiger partial charge >= 0.3 is 6.03 Å². The Balaban J connectivity index is 1.65. The van der Waals surface area contributed by atoms with Crippen molar-refractivity contribution in [2.45, 2.75) is 6.04 Å². The van der Waals surface area contributed by atoms with Crippen molar-refractivity contribution in [2.75, 3.05) is 40.3 Å². The largest absolute Gasteiger partial charge is 0.492 e. The number of carbonyl (C=O) groups is 1. The highest BCUT2D eigenvalue weighted by Gasteiger charge is 2.45. The average molecular weight is 420 g/mol. The number of terminal acetylenes is 1. The van der Waals surface area contributed by atoms with Gasteiger partial charge in [-0.3, -0.25) is 4.90 Å². The van der Waals surface area contributed by atoms with Crippen molar-refractivity contribution >= 4 is 11.7 Å². The van der Waals surface area contributed by atoms with Crippen LogP contribution in [0.1, 0.15) is 17.2 Å². The highest BCUT2D eigenvalue weighted by Crippen LogP contribution is 2.42. The molecule has 2 heterocycles. The minimum atomic E-state index is -0.361. The summed E-state index contributed by atoms with van der Waals surface area (Å²) in [5, 5.41) is 6.21. The fourth-order valence-corrected chi connectivity index (χ4v) is 4.02. The van der Waals surface area contributed by atoms with Crippen molar-refractivity contribution in [3.8, 4) is 18.1 Å². The van der Waals surface area contributed by atoms with Gasteiger partial charge in [-0.05, 0) is 30.8 Å². The third kappa shape index (κ3) is 4.12. The lowest BCUT2D eigenvalue weighted by molar-refractivity contribution is 0.130. The summed E-state index contributed by atoms with van der Waals surface area (Å²) in [5.41, 5.74) is 2.24. The fraction of sp³-hybridized carbons (Fsp3) is 0.333. The maximum Gasteiger partial charge on any atom is 0.340 e. The molecule has 7 heteroatoms. The average Bonchev–Trinajstić information content (AvgIpc) is 3.17. The van der Waals surface area contributed by atoms with E-state index in [4.69, 9.17) is 16.3 Å². The van der Waals surface area contributed by atoms with E-state index < -0.39 is 0 Å². The second kappa shape index (κ2) is 8.78. The first kappa shape index (κ1) is 20.9. The number of likely N-dealkylation sites (N-methyl/N-ethyl adjacent to an activating group) is 2. The first-order valence-corrected chi connectivity index (χ1v) is 10.2. The van der Waals surface area contributed by atoms with Gasteiger partial charge in [-0.25, -0.2) is 14.2 Å². The van der Waals surface area contributed by atoms with E-state index in [9.17, 15) is 9.18 Å². The van der Waals surface area contributed by atoms with Gasteiger partial charge in [0.25, 0.3) is 0 Å². The molecular weight excluding hydrogens is 395 g/mol. The molecule has 2 aromatic carbocycles. The van der Waals surface area contributed by atoms with Gasteiger partial charge in [0.15, 0.2) is 0 Å². The molecule has 2 aromatic rings. The predicted molar refractivity (Wildman–Crippen MR) is 117 cm³/mol. The van der Waals surface area contributed by atoms with Crippen LogP contribution in [0.4, 0.5) is 9.18 Å². The van der Waals surface area contributed by atoms with Gasteiger partial charge in [0, 0.05) is 25.7 Å². The van der Waals surface area contributed by atoms with Crippen LogP contribution in [-0.4, -0.2) is 66.9 Å². The molecule has 0 aromatic heterocycles. The summed E-state index contributed by atoms with van der Waals surface area (Å²) in [7, 11) is 3.67. The van der Waals surface area contributed by atoms with Crippen molar-refractivity contribution in [3.63, 3.8) is 0 Å². The number of halogens is 1. The summed E-state index contributed by atoms with van der Waals surface area (Å²) in [6, 6.07) is 13.6. The van der Waals surface area contributed by atoms with Crippen molar-refractivity contribution < 1.29 is 13.9 Å². The lowest BCUT2D eigenvalue weighted by Gasteiger charge is -2.32. The van der Waals surface area contributed by atoms with E-state index in [1.54, 1.807) is 18.0 Å². The molecule has 0 saturated heterocycles. The van der Waals surface area contributed by atoms with Gasteiger partial charge in [-0.15, -0.1) is 6.42 Å². The smallest absolute Gasteiger partial charge is 0.340 e. The van der Waals surface area contributed by atoms with E-state index >= 15 is 0 Å². The van der Waals surface area contributed by atoms with E-state index in [0.717, 1.165) is 5.56 Å². The molecule has 0 aliphatic carbocycles. The molecule has 0 radical (unpaired) electrons. The molecule has 2 unspecified atom stereocenters. The Morgan fingerprint density at radius 2 is 2.03 bits per heavy atom. The summed E-state index contributed by atoms with van der Waals surface area (Å²) in [5.74, 6) is 2.64. The number of amides is 2. The zero-order chi connectivity index (χ0) is 22.0. The molecule has 0 N–H and O–H groups in total. The minimum Gasteiger partial charge on any atom is -0.492 e. The van der Waals surface area contributed by atoms with Crippen LogP contribution in [0.25, 0.3) is 0 Å². The number of carbonyl (C=O) groups excluding carboxylic acids is 1. The number of rotatable bonds is 5. The lowest BCUT2D eigenvalue weighted by atomic mass is 9.86. The van der Waals surface area contributed by atoms with Crippen LogP contribution < -0.4 is 4.74 Å². The predicted octanol–water partition coefficient (Wildman–Crippen LogP) is 3.21. The van der Waals surface area contributed by atoms with Crippen LogP contribution in [0.5, 0.6) is 5.75 Å². The number of hydrogen-bond acceptors (Lipinski definition) is 4. The van der Waals surface area contributed by atoms with Gasteiger partial charge in [-0.1, -0.05) is 36.3 Å². The van der Waals surface area contributed by atoms with Crippen molar-refractivity contribution in [2.24, 2.45) is 11.0 Å². The maximum absolute atomic E-state index is 14.0. The van der Waals surface area contributed by atoms with E-state index in [2.05, 4.69) is 5.92 Å². The van der Waals surface area contributed by atoms with Gasteiger partial charge in [0.1, 0.15) is 11.6 Å². The number of hydrogen-bond donors (Lipinski definition) is 0. The van der Waals surface area contributed by atoms with Crippen molar-refractivity contribution in [3.05, 3.63) is 65.5 Å². The highest BCUT2D eigenvalue weighted by molar-refractivity contribution is 6.07. The van der Waals surface area contributed by atoms with Crippen LogP contribution in [0, 0.1) is 24.1 Å². The molecule has 2 aliphatic heterocycles. The number of fused-ring (bicyclic) bond motifs is 3. The molecule has 2 aliphatic rings. The molecule has 0 saturated carbocycles. The van der Waals surface area contributed by atoms with Gasteiger partial charge < -0.3 is 9.64 Å². The molecule has 6 nitrogen and oxygen atoms in total. The van der Waals surface area contributed by atoms with Gasteiger partial charge in [-0.2, -0.15) is 5.10 Å². The van der Waals surface area contributed by atoms with Crippen LogP contribution in [0.15, 0.2) is 53.6 Å².